The van der Waals surface area contributed by atoms with Crippen LogP contribution in [0.2, 0.25) is 0 Å². The number of aromatic nitrogens is 1. The molecular weight excluding hydrogens is 178 g/mol. The summed E-state index contributed by atoms with van der Waals surface area (Å²) in [5.41, 5.74) is 7.19. The van der Waals surface area contributed by atoms with Gasteiger partial charge in [-0.1, -0.05) is 0 Å². The predicted octanol–water partition coefficient (Wildman–Crippen LogP) is 0.811. The number of carbonyl (C=O) groups is 1. The second-order valence-corrected chi connectivity index (χ2v) is 4.09. The first-order valence-corrected chi connectivity index (χ1v) is 5.03. The first kappa shape index (κ1) is 7.91. The molecule has 0 aliphatic carbocycles. The average molecular weight is 191 g/mol. The molecule has 1 fully saturated rings. The van der Waals surface area contributed by atoms with E-state index in [2.05, 4.69) is 9.88 Å². The summed E-state index contributed by atoms with van der Waals surface area (Å²) in [6, 6.07) is 0. The van der Waals surface area contributed by atoms with Crippen molar-refractivity contribution in [3.8, 4) is 0 Å². The van der Waals surface area contributed by atoms with E-state index in [1.165, 1.54) is 0 Å². The maximum Gasteiger partial charge on any atom is 0.250 e. The number of H-pyrrole nitrogens is 1. The van der Waals surface area contributed by atoms with Gasteiger partial charge in [-0.25, -0.2) is 0 Å². The minimum Gasteiger partial charge on any atom is -0.366 e. The molecule has 2 bridgehead atoms. The van der Waals surface area contributed by atoms with Crippen LogP contribution in [-0.2, 0) is 0 Å². The van der Waals surface area contributed by atoms with E-state index in [1.807, 2.05) is 0 Å². The highest BCUT2D eigenvalue weighted by Crippen LogP contribution is 2.43. The van der Waals surface area contributed by atoms with Crippen molar-refractivity contribution in [2.24, 2.45) is 5.73 Å². The summed E-state index contributed by atoms with van der Waals surface area (Å²) in [4.78, 5) is 16.7. The van der Waals surface area contributed by atoms with Crippen LogP contribution in [-0.4, -0.2) is 24.0 Å². The lowest BCUT2D eigenvalue weighted by Gasteiger charge is -2.40. The molecule has 1 amide bonds. The van der Waals surface area contributed by atoms with Gasteiger partial charge in [0.2, 0.25) is 0 Å². The standard InChI is InChI=1S/C10H13N3O/c11-9(14)7-5-12-10-8(7)6-1-3-13(10)4-2-6/h5-6,12H,1-4H2,(H2,11,14). The molecule has 1 aromatic heterocycles. The highest BCUT2D eigenvalue weighted by atomic mass is 16.1. The molecular formula is C10H13N3O. The number of nitrogens with one attached hydrogen (secondary N) is 1. The van der Waals surface area contributed by atoms with Gasteiger partial charge in [0.25, 0.3) is 5.91 Å². The monoisotopic (exact) mass is 191 g/mol. The molecule has 14 heavy (non-hydrogen) atoms. The van der Waals surface area contributed by atoms with Crippen molar-refractivity contribution in [1.82, 2.24) is 4.98 Å². The van der Waals surface area contributed by atoms with Gasteiger partial charge in [0.15, 0.2) is 0 Å². The molecule has 0 saturated carbocycles. The maximum atomic E-state index is 11.2. The van der Waals surface area contributed by atoms with Crippen LogP contribution in [0.15, 0.2) is 6.20 Å². The number of fused-ring (bicyclic) bond motifs is 2. The van der Waals surface area contributed by atoms with Gasteiger partial charge >= 0.3 is 0 Å². The van der Waals surface area contributed by atoms with E-state index in [9.17, 15) is 4.79 Å². The van der Waals surface area contributed by atoms with E-state index in [-0.39, 0.29) is 5.91 Å². The molecule has 3 aliphatic rings. The zero-order valence-corrected chi connectivity index (χ0v) is 7.92. The number of carbonyl (C=O) groups excluding carboxylic acids is 1. The number of hydrogen-bond acceptors (Lipinski definition) is 2. The van der Waals surface area contributed by atoms with Crippen molar-refractivity contribution < 1.29 is 4.79 Å². The van der Waals surface area contributed by atoms with Crippen molar-refractivity contribution >= 4 is 11.7 Å². The molecule has 4 rings (SSSR count). The molecule has 4 heteroatoms. The molecule has 74 valence electrons. The first-order valence-electron chi connectivity index (χ1n) is 5.03. The molecule has 1 aromatic rings. The molecule has 0 aromatic carbocycles. The number of aromatic amines is 1. The molecule has 3 N–H and O–H groups in total. The number of anilines is 1. The van der Waals surface area contributed by atoms with Gasteiger partial charge in [-0.15, -0.1) is 0 Å². The second kappa shape index (κ2) is 2.53. The Morgan fingerprint density at radius 1 is 1.50 bits per heavy atom. The quantitative estimate of drug-likeness (QED) is 0.690. The summed E-state index contributed by atoms with van der Waals surface area (Å²) in [5, 5.41) is 0. The zero-order valence-electron chi connectivity index (χ0n) is 7.92. The Morgan fingerprint density at radius 3 is 2.86 bits per heavy atom. The Kier molecular flexibility index (Phi) is 1.43. The maximum absolute atomic E-state index is 11.2. The Balaban J connectivity index is 2.17. The van der Waals surface area contributed by atoms with Gasteiger partial charge in [-0.3, -0.25) is 4.79 Å². The Hall–Kier alpha value is -1.45. The zero-order chi connectivity index (χ0) is 9.71. The SMILES string of the molecule is NC(=O)c1c[nH]c2c1C1CCN2CC1. The van der Waals surface area contributed by atoms with Crippen molar-refractivity contribution in [2.45, 2.75) is 18.8 Å². The Bertz CT molecular complexity index is 388. The third-order valence-corrected chi connectivity index (χ3v) is 3.38. The second-order valence-electron chi connectivity index (χ2n) is 4.09. The van der Waals surface area contributed by atoms with Gasteiger partial charge in [0.05, 0.1) is 5.56 Å². The van der Waals surface area contributed by atoms with Crippen LogP contribution in [0.1, 0.15) is 34.7 Å². The highest BCUT2D eigenvalue weighted by Gasteiger charge is 2.34. The fraction of sp³-hybridized carbons (Fsp3) is 0.500. The fourth-order valence-corrected chi connectivity index (χ4v) is 2.69. The lowest BCUT2D eigenvalue weighted by atomic mass is 9.84. The van der Waals surface area contributed by atoms with Crippen LogP contribution in [0.5, 0.6) is 0 Å². The van der Waals surface area contributed by atoms with Crippen LogP contribution in [0.4, 0.5) is 5.82 Å². The normalized spacial score (nSPS) is 19.9. The summed E-state index contributed by atoms with van der Waals surface area (Å²) in [7, 11) is 0. The molecule has 1 saturated heterocycles. The minimum atomic E-state index is -0.309. The number of hydrogen-bond donors (Lipinski definition) is 2. The topological polar surface area (TPSA) is 62.1 Å². The number of piperidine rings is 1. The van der Waals surface area contributed by atoms with E-state index in [0.717, 1.165) is 37.3 Å². The smallest absolute Gasteiger partial charge is 0.250 e. The summed E-state index contributed by atoms with van der Waals surface area (Å²) in [6.45, 7) is 2.22. The Labute approximate surface area is 82.1 Å². The van der Waals surface area contributed by atoms with E-state index < -0.39 is 0 Å². The average Bonchev–Trinajstić information content (AvgIpc) is 2.65. The molecule has 4 nitrogen and oxygen atoms in total. The molecule has 0 radical (unpaired) electrons. The number of nitrogens with two attached hydrogens (primary N) is 1. The van der Waals surface area contributed by atoms with Crippen LogP contribution in [0, 0.1) is 0 Å². The first-order chi connectivity index (χ1) is 6.77. The van der Waals surface area contributed by atoms with Crippen molar-refractivity contribution in [1.29, 1.82) is 0 Å². The third-order valence-electron chi connectivity index (χ3n) is 3.38. The van der Waals surface area contributed by atoms with Gasteiger partial charge < -0.3 is 15.6 Å². The summed E-state index contributed by atoms with van der Waals surface area (Å²) < 4.78 is 0. The van der Waals surface area contributed by atoms with E-state index in [4.69, 9.17) is 5.73 Å². The van der Waals surface area contributed by atoms with Gasteiger partial charge in [0, 0.05) is 24.8 Å². The minimum absolute atomic E-state index is 0.309. The summed E-state index contributed by atoms with van der Waals surface area (Å²) in [5.74, 6) is 1.36. The summed E-state index contributed by atoms with van der Waals surface area (Å²) in [6.07, 6.45) is 4.07. The largest absolute Gasteiger partial charge is 0.366 e. The van der Waals surface area contributed by atoms with Crippen molar-refractivity contribution in [2.75, 3.05) is 18.0 Å². The third kappa shape index (κ3) is 0.855. The number of rotatable bonds is 1. The van der Waals surface area contributed by atoms with Gasteiger partial charge in [0.1, 0.15) is 5.82 Å². The number of amides is 1. The highest BCUT2D eigenvalue weighted by molar-refractivity contribution is 5.96. The molecule has 0 atom stereocenters. The predicted molar refractivity (Wildman–Crippen MR) is 53.5 cm³/mol. The molecule has 0 spiro atoms. The number of nitrogens with zero attached hydrogens (tertiary/aromatic N) is 1. The van der Waals surface area contributed by atoms with Gasteiger partial charge in [-0.05, 0) is 18.8 Å². The van der Waals surface area contributed by atoms with Crippen LogP contribution in [0.25, 0.3) is 0 Å². The van der Waals surface area contributed by atoms with E-state index in [0.29, 0.717) is 11.5 Å². The summed E-state index contributed by atoms with van der Waals surface area (Å²) >= 11 is 0. The lowest BCUT2D eigenvalue weighted by Crippen LogP contribution is -2.39. The van der Waals surface area contributed by atoms with E-state index >= 15 is 0 Å². The van der Waals surface area contributed by atoms with Gasteiger partial charge in [-0.2, -0.15) is 0 Å². The van der Waals surface area contributed by atoms with Crippen LogP contribution < -0.4 is 10.6 Å². The molecule has 3 aliphatic heterocycles. The fourth-order valence-electron chi connectivity index (χ4n) is 2.69. The van der Waals surface area contributed by atoms with Crippen LogP contribution >= 0.6 is 0 Å². The van der Waals surface area contributed by atoms with Crippen molar-refractivity contribution in [3.63, 3.8) is 0 Å². The van der Waals surface area contributed by atoms with E-state index in [1.54, 1.807) is 6.20 Å². The lowest BCUT2D eigenvalue weighted by molar-refractivity contribution is 0.0999. The molecule has 4 heterocycles. The molecule has 0 unspecified atom stereocenters. The number of primary amides is 1. The van der Waals surface area contributed by atoms with Crippen LogP contribution in [0.3, 0.4) is 0 Å². The van der Waals surface area contributed by atoms with Crippen molar-refractivity contribution in [3.05, 3.63) is 17.3 Å². The Morgan fingerprint density at radius 2 is 2.21 bits per heavy atom.